The van der Waals surface area contributed by atoms with Gasteiger partial charge in [-0.15, -0.1) is 0 Å². The first-order valence-electron chi connectivity index (χ1n) is 13.0. The summed E-state index contributed by atoms with van der Waals surface area (Å²) in [6.07, 6.45) is 5.65. The third kappa shape index (κ3) is 6.97. The fourth-order valence-corrected chi connectivity index (χ4v) is 11.5. The van der Waals surface area contributed by atoms with Crippen LogP contribution in [0.1, 0.15) is 60.8 Å². The Hall–Kier alpha value is -1.67. The molecule has 1 saturated carbocycles. The molecule has 0 bridgehead atoms. The zero-order chi connectivity index (χ0) is 25.9. The second-order valence-corrected chi connectivity index (χ2v) is 20.1. The van der Waals surface area contributed by atoms with Crippen molar-refractivity contribution in [2.75, 3.05) is 6.16 Å². The van der Waals surface area contributed by atoms with Crippen LogP contribution >= 0.6 is 7.14 Å². The Bertz CT molecular complexity index is 1030. The highest BCUT2D eigenvalue weighted by molar-refractivity contribution is 7.78. The lowest BCUT2D eigenvalue weighted by Gasteiger charge is -2.46. The molecule has 4 heteroatoms. The van der Waals surface area contributed by atoms with Crippen molar-refractivity contribution in [3.63, 3.8) is 0 Å². The van der Waals surface area contributed by atoms with E-state index in [1.54, 1.807) is 0 Å². The van der Waals surface area contributed by atoms with Crippen LogP contribution in [0.2, 0.25) is 17.6 Å². The first-order valence-corrected chi connectivity index (χ1v) is 17.5. The number of hydrogen-bond acceptors (Lipinski definition) is 2. The van der Waals surface area contributed by atoms with E-state index in [4.69, 9.17) is 4.43 Å². The maximum absolute atomic E-state index is 14.4. The summed E-state index contributed by atoms with van der Waals surface area (Å²) < 4.78 is 21.5. The summed E-state index contributed by atoms with van der Waals surface area (Å²) in [6.45, 7) is 20.8. The predicted molar refractivity (Wildman–Crippen MR) is 156 cm³/mol. The van der Waals surface area contributed by atoms with Crippen LogP contribution < -0.4 is 10.6 Å². The largest absolute Gasteiger partial charge is 0.410 e. The van der Waals surface area contributed by atoms with Gasteiger partial charge in [-0.1, -0.05) is 120 Å². The fourth-order valence-electron chi connectivity index (χ4n) is 5.04. The maximum Gasteiger partial charge on any atom is 0.196 e. The molecule has 2 unspecified atom stereocenters. The Labute approximate surface area is 215 Å². The minimum atomic E-state index is -2.75. The van der Waals surface area contributed by atoms with E-state index in [9.17, 15) is 4.57 Å². The second-order valence-electron chi connectivity index (χ2n) is 12.6. The van der Waals surface area contributed by atoms with Gasteiger partial charge < -0.3 is 8.99 Å². The van der Waals surface area contributed by atoms with Gasteiger partial charge in [-0.3, -0.25) is 0 Å². The molecule has 0 aromatic heterocycles. The van der Waals surface area contributed by atoms with Crippen LogP contribution in [-0.2, 0) is 8.99 Å². The molecule has 2 aromatic rings. The minimum Gasteiger partial charge on any atom is -0.410 e. The molecular weight excluding hydrogens is 463 g/mol. The maximum atomic E-state index is 14.4. The lowest BCUT2D eigenvalue weighted by Crippen LogP contribution is -2.50. The second kappa shape index (κ2) is 10.7. The van der Waals surface area contributed by atoms with E-state index in [2.05, 4.69) is 60.7 Å². The smallest absolute Gasteiger partial charge is 0.196 e. The summed E-state index contributed by atoms with van der Waals surface area (Å²) in [4.78, 5) is 0. The van der Waals surface area contributed by atoms with E-state index in [0.717, 1.165) is 35.9 Å². The zero-order valence-corrected chi connectivity index (χ0v) is 24.8. The number of rotatable bonds is 7. The summed E-state index contributed by atoms with van der Waals surface area (Å²) in [5.74, 6) is 0. The normalized spacial score (nSPS) is 20.6. The van der Waals surface area contributed by atoms with E-state index in [0.29, 0.717) is 6.16 Å². The Kier molecular flexibility index (Phi) is 8.57. The molecule has 0 N–H and O–H groups in total. The summed E-state index contributed by atoms with van der Waals surface area (Å²) in [6, 6.07) is 21.1. The topological polar surface area (TPSA) is 26.3 Å². The Morgan fingerprint density at radius 3 is 1.91 bits per heavy atom. The van der Waals surface area contributed by atoms with Gasteiger partial charge in [0.25, 0.3) is 0 Å². The lowest BCUT2D eigenvalue weighted by molar-refractivity contribution is 0.190. The minimum absolute atomic E-state index is 0.0566. The summed E-state index contributed by atoms with van der Waals surface area (Å²) in [7, 11) is -4.81. The van der Waals surface area contributed by atoms with Gasteiger partial charge in [0, 0.05) is 16.8 Å². The van der Waals surface area contributed by atoms with Crippen LogP contribution in [0.4, 0.5) is 0 Å². The molecule has 2 aromatic carbocycles. The van der Waals surface area contributed by atoms with Gasteiger partial charge in [-0.25, -0.2) is 0 Å². The Balaban J connectivity index is 1.86. The molecule has 35 heavy (non-hydrogen) atoms. The molecule has 1 aliphatic carbocycles. The van der Waals surface area contributed by atoms with E-state index < -0.39 is 15.5 Å². The first-order chi connectivity index (χ1) is 16.2. The van der Waals surface area contributed by atoms with Gasteiger partial charge in [-0.2, -0.15) is 0 Å². The van der Waals surface area contributed by atoms with Gasteiger partial charge in [0.15, 0.2) is 8.32 Å². The van der Waals surface area contributed by atoms with Gasteiger partial charge in [0.05, 0.1) is 6.10 Å². The molecule has 3 rings (SSSR count). The third-order valence-corrected chi connectivity index (χ3v) is 16.2. The highest BCUT2D eigenvalue weighted by Gasteiger charge is 2.46. The number of hydrogen-bond donors (Lipinski definition) is 0. The molecule has 0 heterocycles. The average Bonchev–Trinajstić information content (AvgIpc) is 2.78. The van der Waals surface area contributed by atoms with E-state index in [1.165, 1.54) is 11.1 Å². The van der Waals surface area contributed by atoms with Gasteiger partial charge in [-0.05, 0) is 47.9 Å². The van der Waals surface area contributed by atoms with E-state index in [-0.39, 0.29) is 16.6 Å². The summed E-state index contributed by atoms with van der Waals surface area (Å²) in [5, 5.41) is 1.99. The van der Waals surface area contributed by atoms with Crippen LogP contribution in [0.5, 0.6) is 0 Å². The van der Waals surface area contributed by atoms with Crippen molar-refractivity contribution in [3.8, 4) is 0 Å². The molecule has 1 aliphatic rings. The molecular formula is C31H45O2PSi. The predicted octanol–water partition coefficient (Wildman–Crippen LogP) is 8.47. The molecule has 0 amide bonds. The van der Waals surface area contributed by atoms with Crippen LogP contribution in [0, 0.1) is 5.41 Å². The highest BCUT2D eigenvalue weighted by atomic mass is 31.2. The Morgan fingerprint density at radius 1 is 0.943 bits per heavy atom. The van der Waals surface area contributed by atoms with Crippen molar-refractivity contribution in [2.45, 2.75) is 84.5 Å². The SMILES string of the molecule is C=C1CC/C(=C\CP(=O)(c2ccccc2)c2ccccc2)CC1O[Si](C)(CC(C)(C)C)C(C)(C)C. The van der Waals surface area contributed by atoms with Crippen molar-refractivity contribution in [3.05, 3.63) is 84.5 Å². The van der Waals surface area contributed by atoms with Crippen LogP contribution in [0.3, 0.4) is 0 Å². The third-order valence-electron chi connectivity index (χ3n) is 7.51. The van der Waals surface area contributed by atoms with Crippen molar-refractivity contribution in [2.24, 2.45) is 5.41 Å². The summed E-state index contributed by atoms with van der Waals surface area (Å²) in [5.41, 5.74) is 2.80. The molecule has 1 fully saturated rings. The van der Waals surface area contributed by atoms with Gasteiger partial charge in [0.2, 0.25) is 0 Å². The van der Waals surface area contributed by atoms with Crippen LogP contribution in [0.25, 0.3) is 0 Å². The van der Waals surface area contributed by atoms with Crippen molar-refractivity contribution >= 4 is 26.1 Å². The first kappa shape index (κ1) is 27.9. The van der Waals surface area contributed by atoms with Crippen molar-refractivity contribution in [1.29, 1.82) is 0 Å². The Morgan fingerprint density at radius 2 is 1.46 bits per heavy atom. The van der Waals surface area contributed by atoms with E-state index in [1.807, 2.05) is 60.7 Å². The fraction of sp³-hybridized carbons (Fsp3) is 0.484. The molecule has 190 valence electrons. The van der Waals surface area contributed by atoms with Crippen molar-refractivity contribution < 1.29 is 8.99 Å². The molecule has 0 radical (unpaired) electrons. The quantitative estimate of drug-likeness (QED) is 0.213. The molecule has 0 saturated heterocycles. The summed E-state index contributed by atoms with van der Waals surface area (Å²) >= 11 is 0. The number of allylic oxidation sites excluding steroid dienone is 1. The van der Waals surface area contributed by atoms with Crippen LogP contribution in [0.15, 0.2) is 84.5 Å². The molecule has 0 aliphatic heterocycles. The standard InChI is InChI=1S/C31H45O2PSi/c1-25-19-20-26(23-29(25)33-35(8,31(5,6)7)24-30(2,3)4)21-22-34(32,27-15-11-9-12-16-27)28-17-13-10-14-18-28/h9-18,21,29H,1,19-20,22-24H2,2-8H3/b26-21+. The van der Waals surface area contributed by atoms with Crippen LogP contribution in [-0.4, -0.2) is 20.6 Å². The van der Waals surface area contributed by atoms with Crippen molar-refractivity contribution in [1.82, 2.24) is 0 Å². The number of benzene rings is 2. The van der Waals surface area contributed by atoms with E-state index >= 15 is 0 Å². The zero-order valence-electron chi connectivity index (χ0n) is 22.9. The molecule has 2 atom stereocenters. The van der Waals surface area contributed by atoms with Gasteiger partial charge in [0.1, 0.15) is 7.14 Å². The lowest BCUT2D eigenvalue weighted by atomic mass is 9.89. The molecule has 0 spiro atoms. The highest BCUT2D eigenvalue weighted by Crippen LogP contribution is 2.48. The monoisotopic (exact) mass is 508 g/mol. The van der Waals surface area contributed by atoms with Gasteiger partial charge >= 0.3 is 0 Å². The average molecular weight is 509 g/mol. The molecule has 2 nitrogen and oxygen atoms in total.